The summed E-state index contributed by atoms with van der Waals surface area (Å²) in [5.74, 6) is -1.22. The van der Waals surface area contributed by atoms with Gasteiger partial charge >= 0.3 is 5.97 Å². The molecule has 6 nitrogen and oxygen atoms in total. The van der Waals surface area contributed by atoms with E-state index in [4.69, 9.17) is 16.7 Å². The second-order valence-electron chi connectivity index (χ2n) is 8.85. The van der Waals surface area contributed by atoms with Gasteiger partial charge in [-0.25, -0.2) is 0 Å². The molecule has 1 aliphatic heterocycles. The topological polar surface area (TPSA) is 77.9 Å². The lowest BCUT2D eigenvalue weighted by Crippen LogP contribution is -2.68. The van der Waals surface area contributed by atoms with Crippen molar-refractivity contribution in [2.45, 2.75) is 44.7 Å². The molecule has 2 aromatic carbocycles. The summed E-state index contributed by atoms with van der Waals surface area (Å²) in [6, 6.07) is 14.7. The van der Waals surface area contributed by atoms with Crippen LogP contribution in [0.1, 0.15) is 55.1 Å². The van der Waals surface area contributed by atoms with Crippen molar-refractivity contribution >= 4 is 50.8 Å². The third-order valence-electron chi connectivity index (χ3n) is 6.71. The summed E-state index contributed by atoms with van der Waals surface area (Å²) in [7, 11) is 0. The number of amides is 2. The molecule has 2 atom stereocenters. The van der Waals surface area contributed by atoms with Crippen molar-refractivity contribution < 1.29 is 19.5 Å². The molecule has 1 unspecified atom stereocenters. The molecule has 0 spiro atoms. The van der Waals surface area contributed by atoms with Gasteiger partial charge in [-0.2, -0.15) is 0 Å². The van der Waals surface area contributed by atoms with Crippen molar-refractivity contribution in [3.05, 3.63) is 70.1 Å². The molecule has 34 heavy (non-hydrogen) atoms. The van der Waals surface area contributed by atoms with Crippen LogP contribution < -0.4 is 0 Å². The van der Waals surface area contributed by atoms with Gasteiger partial charge in [-0.15, -0.1) is 11.3 Å². The van der Waals surface area contributed by atoms with Crippen LogP contribution in [-0.4, -0.2) is 51.3 Å². The predicted molar refractivity (Wildman–Crippen MR) is 134 cm³/mol. The van der Waals surface area contributed by atoms with Crippen LogP contribution in [0.2, 0.25) is 5.02 Å². The molecule has 0 aliphatic carbocycles. The number of rotatable bonds is 8. The summed E-state index contributed by atoms with van der Waals surface area (Å²) in [5, 5.41) is 12.5. The Bertz CT molecular complexity index is 1230. The number of likely N-dealkylation sites (tertiary alicyclic amines) is 1. The minimum Gasteiger partial charge on any atom is -0.481 e. The Hall–Kier alpha value is -2.90. The van der Waals surface area contributed by atoms with E-state index >= 15 is 0 Å². The van der Waals surface area contributed by atoms with Crippen LogP contribution >= 0.6 is 22.9 Å². The number of carboxylic acid groups (broad SMARTS) is 1. The summed E-state index contributed by atoms with van der Waals surface area (Å²) in [6.45, 7) is 4.52. The number of carbonyl (C=O) groups excluding carboxylic acids is 2. The number of benzene rings is 2. The van der Waals surface area contributed by atoms with Gasteiger partial charge < -0.3 is 14.9 Å². The smallest absolute Gasteiger partial charge is 0.303 e. The molecular weight excluding hydrogens is 472 g/mol. The maximum Gasteiger partial charge on any atom is 0.303 e. The Morgan fingerprint density at radius 1 is 1.18 bits per heavy atom. The molecule has 2 amide bonds. The van der Waals surface area contributed by atoms with Crippen molar-refractivity contribution in [1.82, 2.24) is 9.80 Å². The van der Waals surface area contributed by atoms with E-state index in [0.29, 0.717) is 30.0 Å². The van der Waals surface area contributed by atoms with Crippen molar-refractivity contribution in [2.75, 3.05) is 13.1 Å². The second-order valence-corrected chi connectivity index (χ2v) is 10.2. The third-order valence-corrected chi connectivity index (χ3v) is 7.92. The van der Waals surface area contributed by atoms with E-state index in [0.717, 1.165) is 15.6 Å². The van der Waals surface area contributed by atoms with Crippen LogP contribution in [0, 0.1) is 0 Å². The normalized spacial score (nSPS) is 18.4. The molecule has 2 heterocycles. The number of fused-ring (bicyclic) bond motifs is 1. The van der Waals surface area contributed by atoms with Gasteiger partial charge in [0.15, 0.2) is 0 Å². The summed E-state index contributed by atoms with van der Waals surface area (Å²) >= 11 is 7.55. The van der Waals surface area contributed by atoms with Crippen LogP contribution in [0.3, 0.4) is 0 Å². The number of thiophene rings is 1. The van der Waals surface area contributed by atoms with Crippen LogP contribution in [0.15, 0.2) is 53.9 Å². The van der Waals surface area contributed by atoms with Gasteiger partial charge in [0.05, 0.1) is 11.6 Å². The first kappa shape index (κ1) is 24.2. The van der Waals surface area contributed by atoms with Crippen LogP contribution in [0.25, 0.3) is 10.1 Å². The number of hydrogen-bond acceptors (Lipinski definition) is 4. The largest absolute Gasteiger partial charge is 0.481 e. The van der Waals surface area contributed by atoms with Gasteiger partial charge in [-0.05, 0) is 50.5 Å². The summed E-state index contributed by atoms with van der Waals surface area (Å²) < 4.78 is 1.03. The molecule has 178 valence electrons. The third kappa shape index (κ3) is 4.55. The van der Waals surface area contributed by atoms with Crippen molar-refractivity contribution in [2.24, 2.45) is 0 Å². The van der Waals surface area contributed by atoms with Crippen LogP contribution in [0.4, 0.5) is 0 Å². The molecular formula is C26H27ClN2O4S. The predicted octanol–water partition coefficient (Wildman–Crippen LogP) is 5.61. The van der Waals surface area contributed by atoms with Gasteiger partial charge in [-0.1, -0.05) is 41.9 Å². The Balaban J connectivity index is 1.60. The maximum absolute atomic E-state index is 13.9. The van der Waals surface area contributed by atoms with E-state index in [-0.39, 0.29) is 30.8 Å². The molecule has 0 saturated carbocycles. The molecule has 0 radical (unpaired) electrons. The number of aliphatic carboxylic acids is 1. The minimum absolute atomic E-state index is 0.0304. The van der Waals surface area contributed by atoms with E-state index in [2.05, 4.69) is 0 Å². The number of halogens is 1. The number of nitrogens with zero attached hydrogens (tertiary/aromatic N) is 2. The molecule has 0 bridgehead atoms. The second kappa shape index (κ2) is 9.76. The van der Waals surface area contributed by atoms with Gasteiger partial charge in [0.2, 0.25) is 5.91 Å². The summed E-state index contributed by atoms with van der Waals surface area (Å²) in [5.41, 5.74) is 0.532. The average molecular weight is 499 g/mol. The van der Waals surface area contributed by atoms with Gasteiger partial charge in [0.25, 0.3) is 5.91 Å². The number of hydrogen-bond donors (Lipinski definition) is 1. The molecule has 1 aromatic heterocycles. The monoisotopic (exact) mass is 498 g/mol. The minimum atomic E-state index is -0.982. The molecule has 4 rings (SSSR count). The highest BCUT2D eigenvalue weighted by Crippen LogP contribution is 2.38. The van der Waals surface area contributed by atoms with E-state index in [1.807, 2.05) is 55.6 Å². The van der Waals surface area contributed by atoms with E-state index in [1.165, 1.54) is 11.3 Å². The Morgan fingerprint density at radius 3 is 2.53 bits per heavy atom. The Labute approximate surface area is 207 Å². The summed E-state index contributed by atoms with van der Waals surface area (Å²) in [4.78, 5) is 41.9. The number of carboxylic acids is 1. The highest BCUT2D eigenvalue weighted by Gasteiger charge is 2.52. The SMILES string of the molecule is C[C@H](c1ccc(Cl)cc1)N(CCCC(=O)O)C(=O)C1(C)CCN1C(=O)c1csc2ccccc12. The van der Waals surface area contributed by atoms with Crippen molar-refractivity contribution in [3.8, 4) is 0 Å². The molecule has 3 aromatic rings. The fourth-order valence-electron chi connectivity index (χ4n) is 4.50. The molecule has 1 N–H and O–H groups in total. The highest BCUT2D eigenvalue weighted by atomic mass is 35.5. The first-order valence-corrected chi connectivity index (χ1v) is 12.5. The lowest BCUT2D eigenvalue weighted by Gasteiger charge is -2.51. The van der Waals surface area contributed by atoms with E-state index in [9.17, 15) is 14.4 Å². The van der Waals surface area contributed by atoms with Gasteiger partial charge in [-0.3, -0.25) is 14.4 Å². The van der Waals surface area contributed by atoms with Crippen LogP contribution in [0.5, 0.6) is 0 Å². The van der Waals surface area contributed by atoms with Gasteiger partial charge in [0, 0.05) is 40.0 Å². The molecule has 1 aliphatic rings. The van der Waals surface area contributed by atoms with Crippen LogP contribution in [-0.2, 0) is 9.59 Å². The first-order chi connectivity index (χ1) is 16.2. The van der Waals surface area contributed by atoms with Gasteiger partial charge in [0.1, 0.15) is 5.54 Å². The molecule has 1 saturated heterocycles. The lowest BCUT2D eigenvalue weighted by atomic mass is 9.83. The molecule has 1 fully saturated rings. The summed E-state index contributed by atoms with van der Waals surface area (Å²) in [6.07, 6.45) is 0.859. The molecule has 8 heteroatoms. The fraction of sp³-hybridized carbons (Fsp3) is 0.346. The average Bonchev–Trinajstić information content (AvgIpc) is 3.24. The van der Waals surface area contributed by atoms with E-state index in [1.54, 1.807) is 21.9 Å². The standard InChI is InChI=1S/C26H27ClN2O4S/c1-17(18-9-11-19(27)12-10-18)28(14-5-8-23(30)31)25(33)26(2)13-15-29(26)24(32)21-16-34-22-7-4-3-6-20(21)22/h3-4,6-7,9-12,16-17H,5,8,13-15H2,1-2H3,(H,30,31)/t17-,26?/m1/s1. The quantitative estimate of drug-likeness (QED) is 0.437. The van der Waals surface area contributed by atoms with Crippen molar-refractivity contribution in [1.29, 1.82) is 0 Å². The maximum atomic E-state index is 13.9. The zero-order valence-electron chi connectivity index (χ0n) is 19.2. The van der Waals surface area contributed by atoms with Crippen molar-refractivity contribution in [3.63, 3.8) is 0 Å². The lowest BCUT2D eigenvalue weighted by molar-refractivity contribution is -0.152. The Morgan fingerprint density at radius 2 is 1.88 bits per heavy atom. The zero-order valence-corrected chi connectivity index (χ0v) is 20.7. The van der Waals surface area contributed by atoms with E-state index < -0.39 is 11.5 Å². The number of carbonyl (C=O) groups is 3. The fourth-order valence-corrected chi connectivity index (χ4v) is 5.56. The highest BCUT2D eigenvalue weighted by molar-refractivity contribution is 7.17. The Kier molecular flexibility index (Phi) is 6.96. The first-order valence-electron chi connectivity index (χ1n) is 11.3. The zero-order chi connectivity index (χ0) is 24.5.